The molecule has 1 aliphatic heterocycles. The van der Waals surface area contributed by atoms with E-state index in [-0.39, 0.29) is 5.91 Å². The lowest BCUT2D eigenvalue weighted by Crippen LogP contribution is -2.40. The Morgan fingerprint density at radius 2 is 2.06 bits per heavy atom. The summed E-state index contributed by atoms with van der Waals surface area (Å²) in [5.74, 6) is -0.199. The first-order valence-corrected chi connectivity index (χ1v) is 5.93. The molecular formula is C11H11BrN2O3. The Balaban J connectivity index is 2.12. The summed E-state index contributed by atoms with van der Waals surface area (Å²) in [7, 11) is 0. The Morgan fingerprint density at radius 3 is 2.65 bits per heavy atom. The van der Waals surface area contributed by atoms with E-state index in [0.29, 0.717) is 13.0 Å². The van der Waals surface area contributed by atoms with Crippen molar-refractivity contribution in [2.45, 2.75) is 12.5 Å². The van der Waals surface area contributed by atoms with E-state index in [4.69, 9.17) is 5.11 Å². The van der Waals surface area contributed by atoms with Crippen LogP contribution in [0.3, 0.4) is 0 Å². The van der Waals surface area contributed by atoms with Crippen LogP contribution in [0.1, 0.15) is 6.42 Å². The minimum atomic E-state index is -1.17. The summed E-state index contributed by atoms with van der Waals surface area (Å²) in [6.45, 7) is 0.533. The molecule has 5 nitrogen and oxygen atoms in total. The molecular weight excluding hydrogens is 288 g/mol. The second-order valence-electron chi connectivity index (χ2n) is 3.76. The van der Waals surface area contributed by atoms with Crippen LogP contribution in [0, 0.1) is 0 Å². The molecule has 1 aliphatic rings. The molecule has 90 valence electrons. The van der Waals surface area contributed by atoms with Crippen molar-refractivity contribution in [2.24, 2.45) is 0 Å². The highest BCUT2D eigenvalue weighted by atomic mass is 79.9. The number of nitrogens with one attached hydrogen (secondary N) is 1. The molecule has 0 aliphatic carbocycles. The van der Waals surface area contributed by atoms with E-state index in [1.165, 1.54) is 0 Å². The van der Waals surface area contributed by atoms with Gasteiger partial charge in [0.2, 0.25) is 5.91 Å². The Labute approximate surface area is 107 Å². The largest absolute Gasteiger partial charge is 0.465 e. The summed E-state index contributed by atoms with van der Waals surface area (Å²) >= 11 is 3.32. The fourth-order valence-corrected chi connectivity index (χ4v) is 2.10. The topological polar surface area (TPSA) is 69.6 Å². The third-order valence-electron chi connectivity index (χ3n) is 2.64. The number of rotatable bonds is 2. The smallest absolute Gasteiger partial charge is 0.405 e. The van der Waals surface area contributed by atoms with Gasteiger partial charge in [0, 0.05) is 16.7 Å². The molecule has 1 atom stereocenters. The molecule has 2 rings (SSSR count). The number of carbonyl (C=O) groups is 2. The SMILES string of the molecule is O=C(O)NC1CCN(c2ccc(Br)cc2)C1=O. The number of hydrogen-bond acceptors (Lipinski definition) is 2. The first-order valence-electron chi connectivity index (χ1n) is 5.14. The van der Waals surface area contributed by atoms with Gasteiger partial charge in [-0.05, 0) is 30.7 Å². The van der Waals surface area contributed by atoms with Gasteiger partial charge in [-0.15, -0.1) is 0 Å². The van der Waals surface area contributed by atoms with Crippen LogP contribution in [0.4, 0.5) is 10.5 Å². The van der Waals surface area contributed by atoms with Gasteiger partial charge in [-0.2, -0.15) is 0 Å². The number of hydrogen-bond donors (Lipinski definition) is 2. The lowest BCUT2D eigenvalue weighted by Gasteiger charge is -2.16. The van der Waals surface area contributed by atoms with Crippen LogP contribution in [-0.2, 0) is 4.79 Å². The molecule has 1 unspecified atom stereocenters. The number of anilines is 1. The van der Waals surface area contributed by atoms with Gasteiger partial charge < -0.3 is 15.3 Å². The zero-order valence-corrected chi connectivity index (χ0v) is 10.5. The maximum absolute atomic E-state index is 11.9. The van der Waals surface area contributed by atoms with Gasteiger partial charge >= 0.3 is 6.09 Å². The van der Waals surface area contributed by atoms with Gasteiger partial charge in [0.1, 0.15) is 6.04 Å². The molecule has 17 heavy (non-hydrogen) atoms. The zero-order valence-electron chi connectivity index (χ0n) is 8.89. The molecule has 0 saturated carbocycles. The van der Waals surface area contributed by atoms with Crippen molar-refractivity contribution in [3.63, 3.8) is 0 Å². The predicted molar refractivity (Wildman–Crippen MR) is 66.1 cm³/mol. The average Bonchev–Trinajstić information content (AvgIpc) is 2.61. The summed E-state index contributed by atoms with van der Waals surface area (Å²) < 4.78 is 0.938. The van der Waals surface area contributed by atoms with Crippen molar-refractivity contribution in [1.29, 1.82) is 0 Å². The lowest BCUT2D eigenvalue weighted by molar-refractivity contribution is -0.118. The standard InChI is InChI=1S/C11H11BrN2O3/c12-7-1-3-8(4-2-7)14-6-5-9(10(14)15)13-11(16)17/h1-4,9,13H,5-6H2,(H,16,17). The van der Waals surface area contributed by atoms with Gasteiger partial charge in [0.05, 0.1) is 0 Å². The van der Waals surface area contributed by atoms with Crippen LogP contribution in [0.15, 0.2) is 28.7 Å². The number of amides is 2. The number of carbonyl (C=O) groups excluding carboxylic acids is 1. The van der Waals surface area contributed by atoms with Crippen LogP contribution in [-0.4, -0.2) is 29.7 Å². The number of halogens is 1. The first-order chi connectivity index (χ1) is 8.08. The van der Waals surface area contributed by atoms with E-state index in [1.807, 2.05) is 24.3 Å². The van der Waals surface area contributed by atoms with Gasteiger partial charge in [-0.1, -0.05) is 15.9 Å². The monoisotopic (exact) mass is 298 g/mol. The van der Waals surface area contributed by atoms with Gasteiger partial charge in [-0.3, -0.25) is 4.79 Å². The van der Waals surface area contributed by atoms with Crippen molar-refractivity contribution in [2.75, 3.05) is 11.4 Å². The molecule has 1 fully saturated rings. The predicted octanol–water partition coefficient (Wildman–Crippen LogP) is 1.82. The summed E-state index contributed by atoms with van der Waals surface area (Å²) in [4.78, 5) is 24.0. The maximum Gasteiger partial charge on any atom is 0.405 e. The fraction of sp³-hybridized carbons (Fsp3) is 0.273. The van der Waals surface area contributed by atoms with E-state index in [2.05, 4.69) is 21.2 Å². The molecule has 1 heterocycles. The van der Waals surface area contributed by atoms with Gasteiger partial charge in [-0.25, -0.2) is 4.79 Å². The highest BCUT2D eigenvalue weighted by molar-refractivity contribution is 9.10. The van der Waals surface area contributed by atoms with Crippen molar-refractivity contribution >= 4 is 33.6 Å². The number of benzene rings is 1. The summed E-state index contributed by atoms with van der Waals surface area (Å²) in [5, 5.41) is 10.8. The summed E-state index contributed by atoms with van der Waals surface area (Å²) in [6.07, 6.45) is -0.665. The van der Waals surface area contributed by atoms with Crippen molar-refractivity contribution in [3.05, 3.63) is 28.7 Å². The van der Waals surface area contributed by atoms with Crippen LogP contribution >= 0.6 is 15.9 Å². The minimum absolute atomic E-state index is 0.199. The van der Waals surface area contributed by atoms with E-state index >= 15 is 0 Å². The molecule has 0 radical (unpaired) electrons. The van der Waals surface area contributed by atoms with Crippen LogP contribution < -0.4 is 10.2 Å². The zero-order chi connectivity index (χ0) is 12.4. The fourth-order valence-electron chi connectivity index (χ4n) is 1.84. The maximum atomic E-state index is 11.9. The highest BCUT2D eigenvalue weighted by Gasteiger charge is 2.33. The Bertz CT molecular complexity index is 447. The third kappa shape index (κ3) is 2.58. The first kappa shape index (κ1) is 11.9. The van der Waals surface area contributed by atoms with E-state index in [1.54, 1.807) is 4.90 Å². The van der Waals surface area contributed by atoms with E-state index in [0.717, 1.165) is 10.2 Å². The van der Waals surface area contributed by atoms with Crippen LogP contribution in [0.25, 0.3) is 0 Å². The molecule has 6 heteroatoms. The molecule has 0 aromatic heterocycles. The normalized spacial score (nSPS) is 19.5. The van der Waals surface area contributed by atoms with Crippen LogP contribution in [0.2, 0.25) is 0 Å². The quantitative estimate of drug-likeness (QED) is 0.875. The Morgan fingerprint density at radius 1 is 1.41 bits per heavy atom. The second-order valence-corrected chi connectivity index (χ2v) is 4.67. The van der Waals surface area contributed by atoms with Crippen molar-refractivity contribution < 1.29 is 14.7 Å². The van der Waals surface area contributed by atoms with Gasteiger partial charge in [0.15, 0.2) is 0 Å². The molecule has 1 aromatic rings. The Hall–Kier alpha value is -1.56. The highest BCUT2D eigenvalue weighted by Crippen LogP contribution is 2.23. The molecule has 2 amide bonds. The van der Waals surface area contributed by atoms with Gasteiger partial charge in [0.25, 0.3) is 0 Å². The molecule has 0 spiro atoms. The minimum Gasteiger partial charge on any atom is -0.465 e. The molecule has 1 aromatic carbocycles. The summed E-state index contributed by atoms with van der Waals surface area (Å²) in [5.41, 5.74) is 0.785. The van der Waals surface area contributed by atoms with Crippen molar-refractivity contribution in [1.82, 2.24) is 5.32 Å². The number of carboxylic acid groups (broad SMARTS) is 1. The molecule has 2 N–H and O–H groups in total. The third-order valence-corrected chi connectivity index (χ3v) is 3.17. The second kappa shape index (κ2) is 4.75. The summed E-state index contributed by atoms with van der Waals surface area (Å²) in [6, 6.07) is 6.72. The Kier molecular flexibility index (Phi) is 3.33. The van der Waals surface area contributed by atoms with E-state index < -0.39 is 12.1 Å². The van der Waals surface area contributed by atoms with Crippen LogP contribution in [0.5, 0.6) is 0 Å². The molecule has 1 saturated heterocycles. The average molecular weight is 299 g/mol. The molecule has 0 bridgehead atoms. The van der Waals surface area contributed by atoms with Crippen molar-refractivity contribution in [3.8, 4) is 0 Å². The lowest BCUT2D eigenvalue weighted by atomic mass is 10.2. The number of nitrogens with zero attached hydrogens (tertiary/aromatic N) is 1. The van der Waals surface area contributed by atoms with E-state index in [9.17, 15) is 9.59 Å².